The number of nitrogens with two attached hydrogens (primary N) is 1. The predicted molar refractivity (Wildman–Crippen MR) is 78.0 cm³/mol. The van der Waals surface area contributed by atoms with Gasteiger partial charge in [-0.05, 0) is 25.1 Å². The van der Waals surface area contributed by atoms with E-state index in [4.69, 9.17) is 10.5 Å². The smallest absolute Gasteiger partial charge is 0.310 e. The molecule has 2 atom stereocenters. The van der Waals surface area contributed by atoms with Crippen molar-refractivity contribution in [2.24, 2.45) is 16.6 Å². The van der Waals surface area contributed by atoms with Gasteiger partial charge in [0, 0.05) is 17.7 Å². The van der Waals surface area contributed by atoms with Gasteiger partial charge in [0.15, 0.2) is 0 Å². The van der Waals surface area contributed by atoms with Crippen molar-refractivity contribution in [3.05, 3.63) is 29.6 Å². The minimum atomic E-state index is -3.58. The number of carbonyl (C=O) groups excluding carboxylic acids is 1. The first-order valence-corrected chi connectivity index (χ1v) is 7.32. The Morgan fingerprint density at radius 3 is 2.60 bits per heavy atom. The zero-order valence-corrected chi connectivity index (χ0v) is 13.0. The molecule has 5 nitrogen and oxygen atoms in total. The third kappa shape index (κ3) is 2.89. The number of ether oxygens (including phenoxy) is 1. The normalized spacial score (nSPS) is 29.4. The number of hydrogen-bond acceptors (Lipinski definition) is 4. The van der Waals surface area contributed by atoms with Crippen LogP contribution in [0.2, 0.25) is 0 Å². The number of carbonyl (C=O) groups is 1. The summed E-state index contributed by atoms with van der Waals surface area (Å²) in [6, 6.07) is 2.31. The van der Waals surface area contributed by atoms with Crippen molar-refractivity contribution in [1.29, 1.82) is 0 Å². The summed E-state index contributed by atoms with van der Waals surface area (Å²) in [5, 5.41) is 2.17. The van der Waals surface area contributed by atoms with Gasteiger partial charge in [-0.25, -0.2) is 18.2 Å². The summed E-state index contributed by atoms with van der Waals surface area (Å²) < 4.78 is 73.5. The monoisotopic (exact) mass is 363 g/mol. The van der Waals surface area contributed by atoms with E-state index >= 15 is 0 Å². The van der Waals surface area contributed by atoms with Crippen LogP contribution in [0.3, 0.4) is 0 Å². The Labute approximate surface area is 139 Å². The van der Waals surface area contributed by atoms with Crippen molar-refractivity contribution in [1.82, 2.24) is 0 Å². The highest BCUT2D eigenvalue weighted by Gasteiger charge is 2.61. The van der Waals surface area contributed by atoms with Crippen LogP contribution in [-0.4, -0.2) is 30.3 Å². The molecule has 1 aromatic rings. The van der Waals surface area contributed by atoms with Crippen molar-refractivity contribution < 1.29 is 31.5 Å². The summed E-state index contributed by atoms with van der Waals surface area (Å²) in [6.07, 6.45) is -0.585. The van der Waals surface area contributed by atoms with Gasteiger partial charge < -0.3 is 15.8 Å². The number of nitrogens with zero attached hydrogens (tertiary/aromatic N) is 1. The highest BCUT2D eigenvalue weighted by Crippen LogP contribution is 2.49. The summed E-state index contributed by atoms with van der Waals surface area (Å²) in [7, 11) is 0. The number of alkyl halides is 4. The number of aliphatic imine (C=N–C) groups is 1. The van der Waals surface area contributed by atoms with Crippen LogP contribution in [0.5, 0.6) is 0 Å². The highest BCUT2D eigenvalue weighted by molar-refractivity contribution is 5.95. The molecule has 3 rings (SSSR count). The van der Waals surface area contributed by atoms with Crippen molar-refractivity contribution in [2.45, 2.75) is 30.8 Å². The van der Waals surface area contributed by atoms with Crippen LogP contribution in [-0.2, 0) is 15.1 Å². The molecule has 10 heteroatoms. The summed E-state index contributed by atoms with van der Waals surface area (Å²) in [4.78, 5) is 15.0. The van der Waals surface area contributed by atoms with Gasteiger partial charge in [-0.2, -0.15) is 8.78 Å². The van der Waals surface area contributed by atoms with Crippen LogP contribution in [0.1, 0.15) is 18.9 Å². The van der Waals surface area contributed by atoms with Crippen LogP contribution in [0.15, 0.2) is 23.2 Å². The van der Waals surface area contributed by atoms with E-state index in [1.807, 2.05) is 0 Å². The first-order chi connectivity index (χ1) is 11.5. The average molecular weight is 363 g/mol. The van der Waals surface area contributed by atoms with Crippen LogP contribution in [0.4, 0.5) is 27.6 Å². The molecule has 0 radical (unpaired) electrons. The SMILES string of the molecule is C[C@]1(c2cc(NC(=O)C3CC3(F)F)ccc2F)OC(N)=NCC1(F)F. The Morgan fingerprint density at radius 2 is 2.00 bits per heavy atom. The maximum atomic E-state index is 14.3. The van der Waals surface area contributed by atoms with Gasteiger partial charge in [0.25, 0.3) is 11.9 Å². The second-order valence-electron chi connectivity index (χ2n) is 6.20. The maximum Gasteiger partial charge on any atom is 0.310 e. The molecule has 1 unspecified atom stereocenters. The first-order valence-electron chi connectivity index (χ1n) is 7.32. The van der Waals surface area contributed by atoms with Gasteiger partial charge in [0.2, 0.25) is 11.5 Å². The molecule has 25 heavy (non-hydrogen) atoms. The average Bonchev–Trinajstić information content (AvgIpc) is 3.14. The molecule has 1 aliphatic carbocycles. The predicted octanol–water partition coefficient (Wildman–Crippen LogP) is 2.61. The first kappa shape index (κ1) is 17.4. The van der Waals surface area contributed by atoms with E-state index in [1.54, 1.807) is 0 Å². The molecule has 1 aliphatic heterocycles. The number of rotatable bonds is 3. The molecule has 1 heterocycles. The fourth-order valence-electron chi connectivity index (χ4n) is 2.59. The second-order valence-corrected chi connectivity index (χ2v) is 6.20. The molecule has 2 aliphatic rings. The lowest BCUT2D eigenvalue weighted by molar-refractivity contribution is -0.173. The van der Waals surface area contributed by atoms with E-state index in [-0.39, 0.29) is 5.69 Å². The molecule has 1 fully saturated rings. The van der Waals surface area contributed by atoms with Crippen molar-refractivity contribution in [2.75, 3.05) is 11.9 Å². The van der Waals surface area contributed by atoms with Gasteiger partial charge in [-0.15, -0.1) is 0 Å². The molecule has 0 aromatic heterocycles. The maximum absolute atomic E-state index is 14.3. The lowest BCUT2D eigenvalue weighted by Crippen LogP contribution is -2.53. The summed E-state index contributed by atoms with van der Waals surface area (Å²) >= 11 is 0. The lowest BCUT2D eigenvalue weighted by Gasteiger charge is -2.39. The third-order valence-electron chi connectivity index (χ3n) is 4.33. The van der Waals surface area contributed by atoms with Gasteiger partial charge in [0.05, 0.1) is 0 Å². The fourth-order valence-corrected chi connectivity index (χ4v) is 2.59. The summed E-state index contributed by atoms with van der Waals surface area (Å²) in [6.45, 7) is -0.0622. The van der Waals surface area contributed by atoms with E-state index in [1.165, 1.54) is 0 Å². The van der Waals surface area contributed by atoms with Crippen LogP contribution in [0.25, 0.3) is 0 Å². The lowest BCUT2D eigenvalue weighted by atomic mass is 9.87. The number of amidine groups is 1. The Hall–Kier alpha value is -2.39. The van der Waals surface area contributed by atoms with E-state index in [9.17, 15) is 26.7 Å². The van der Waals surface area contributed by atoms with E-state index in [0.29, 0.717) is 0 Å². The Kier molecular flexibility index (Phi) is 3.70. The third-order valence-corrected chi connectivity index (χ3v) is 4.33. The fraction of sp³-hybridized carbons (Fsp3) is 0.467. The molecular weight excluding hydrogens is 349 g/mol. The number of hydrogen-bond donors (Lipinski definition) is 2. The molecule has 0 saturated heterocycles. The van der Waals surface area contributed by atoms with E-state index in [0.717, 1.165) is 25.1 Å². The summed E-state index contributed by atoms with van der Waals surface area (Å²) in [5.41, 5.74) is 2.19. The van der Waals surface area contributed by atoms with Gasteiger partial charge in [0.1, 0.15) is 18.3 Å². The Morgan fingerprint density at radius 1 is 1.36 bits per heavy atom. The minimum Gasteiger partial charge on any atom is -0.448 e. The summed E-state index contributed by atoms with van der Waals surface area (Å²) in [5.74, 6) is -10.1. The van der Waals surface area contributed by atoms with Gasteiger partial charge in [-0.1, -0.05) is 0 Å². The largest absolute Gasteiger partial charge is 0.448 e. The number of benzene rings is 1. The molecule has 136 valence electrons. The number of halogens is 5. The van der Waals surface area contributed by atoms with E-state index in [2.05, 4.69) is 10.3 Å². The Balaban J connectivity index is 1.92. The molecule has 1 aromatic carbocycles. The molecule has 0 bridgehead atoms. The molecule has 1 amide bonds. The Bertz CT molecular complexity index is 768. The molecule has 0 spiro atoms. The molecule has 1 saturated carbocycles. The number of anilines is 1. The highest BCUT2D eigenvalue weighted by atomic mass is 19.3. The second kappa shape index (κ2) is 5.30. The van der Waals surface area contributed by atoms with Gasteiger partial charge in [-0.3, -0.25) is 4.79 Å². The minimum absolute atomic E-state index is 0.106. The van der Waals surface area contributed by atoms with Crippen LogP contribution in [0, 0.1) is 11.7 Å². The van der Waals surface area contributed by atoms with Crippen molar-refractivity contribution in [3.8, 4) is 0 Å². The molecule has 3 N–H and O–H groups in total. The number of amides is 1. The quantitative estimate of drug-likeness (QED) is 0.811. The zero-order valence-electron chi connectivity index (χ0n) is 13.0. The van der Waals surface area contributed by atoms with E-state index < -0.39 is 59.6 Å². The van der Waals surface area contributed by atoms with Gasteiger partial charge >= 0.3 is 5.92 Å². The number of nitrogens with one attached hydrogen (secondary N) is 1. The topological polar surface area (TPSA) is 76.7 Å². The zero-order chi connectivity index (χ0) is 18.6. The van der Waals surface area contributed by atoms with Crippen molar-refractivity contribution >= 4 is 17.6 Å². The van der Waals surface area contributed by atoms with Crippen molar-refractivity contribution in [3.63, 3.8) is 0 Å². The van der Waals surface area contributed by atoms with Crippen LogP contribution < -0.4 is 11.1 Å². The molecular formula is C15H14F5N3O2. The standard InChI is InChI=1S/C15H14F5N3O2/c1-13(15(19,20)6-22-12(21)25-13)8-4-7(2-3-10(8)16)23-11(24)9-5-14(9,17)18/h2-4,9H,5-6H2,1H3,(H2,21,22)(H,23,24)/t9?,13-/m1/s1. The van der Waals surface area contributed by atoms with Crippen LogP contribution >= 0.6 is 0 Å².